The first kappa shape index (κ1) is 14.6. The van der Waals surface area contributed by atoms with Crippen LogP contribution in [0.25, 0.3) is 0 Å². The van der Waals surface area contributed by atoms with Crippen molar-refractivity contribution in [1.29, 1.82) is 0 Å². The molecule has 0 spiro atoms. The zero-order chi connectivity index (χ0) is 14.5. The van der Waals surface area contributed by atoms with Crippen LogP contribution < -0.4 is 5.73 Å². The molecule has 0 aliphatic heterocycles. The van der Waals surface area contributed by atoms with Crippen LogP contribution in [0.5, 0.6) is 0 Å². The minimum absolute atomic E-state index is 0.0527. The van der Waals surface area contributed by atoms with E-state index in [0.717, 1.165) is 22.8 Å². The molecule has 2 aromatic rings. The Kier molecular flexibility index (Phi) is 4.80. The normalized spacial score (nSPS) is 10.8. The van der Waals surface area contributed by atoms with E-state index < -0.39 is 0 Å². The molecule has 0 saturated carbocycles. The van der Waals surface area contributed by atoms with E-state index in [9.17, 15) is 4.79 Å². The molecular formula is C12H18N6OS. The summed E-state index contributed by atoms with van der Waals surface area (Å²) in [5.41, 5.74) is 7.24. The Balaban J connectivity index is 1.96. The van der Waals surface area contributed by atoms with Crippen molar-refractivity contribution in [2.75, 3.05) is 20.6 Å². The second-order valence-electron chi connectivity index (χ2n) is 4.64. The van der Waals surface area contributed by atoms with E-state index in [1.165, 1.54) is 11.3 Å². The van der Waals surface area contributed by atoms with E-state index in [2.05, 4.69) is 15.3 Å². The molecule has 0 bridgehead atoms. The maximum atomic E-state index is 11.6. The summed E-state index contributed by atoms with van der Waals surface area (Å²) in [6, 6.07) is 0. The van der Waals surface area contributed by atoms with Crippen LogP contribution in [-0.2, 0) is 24.2 Å². The fourth-order valence-corrected chi connectivity index (χ4v) is 2.41. The SMILES string of the molecule is CN(C)C(=O)Cc1nc(Cn2cc(CCN)nn2)cs1. The van der Waals surface area contributed by atoms with Gasteiger partial charge in [-0.15, -0.1) is 16.4 Å². The van der Waals surface area contributed by atoms with Gasteiger partial charge in [-0.05, 0) is 6.54 Å². The molecule has 0 saturated heterocycles. The lowest BCUT2D eigenvalue weighted by molar-refractivity contribution is -0.127. The van der Waals surface area contributed by atoms with Gasteiger partial charge in [-0.3, -0.25) is 4.79 Å². The lowest BCUT2D eigenvalue weighted by Crippen LogP contribution is -2.23. The molecule has 0 aliphatic rings. The average molecular weight is 294 g/mol. The molecular weight excluding hydrogens is 276 g/mol. The molecule has 7 nitrogen and oxygen atoms in total. The molecule has 0 unspecified atom stereocenters. The summed E-state index contributed by atoms with van der Waals surface area (Å²) >= 11 is 1.49. The van der Waals surface area contributed by atoms with Gasteiger partial charge in [-0.1, -0.05) is 5.21 Å². The van der Waals surface area contributed by atoms with Crippen LogP contribution in [-0.4, -0.2) is 51.4 Å². The molecule has 20 heavy (non-hydrogen) atoms. The fourth-order valence-electron chi connectivity index (χ4n) is 1.63. The third-order valence-electron chi connectivity index (χ3n) is 2.71. The number of carbonyl (C=O) groups is 1. The van der Waals surface area contributed by atoms with Crippen molar-refractivity contribution in [2.45, 2.75) is 19.4 Å². The summed E-state index contributed by atoms with van der Waals surface area (Å²) in [5, 5.41) is 10.8. The van der Waals surface area contributed by atoms with Crippen molar-refractivity contribution in [3.8, 4) is 0 Å². The molecule has 0 radical (unpaired) electrons. The van der Waals surface area contributed by atoms with Gasteiger partial charge in [0.25, 0.3) is 0 Å². The molecule has 2 N–H and O–H groups in total. The fraction of sp³-hybridized carbons (Fsp3) is 0.500. The first-order valence-corrected chi connectivity index (χ1v) is 7.19. The lowest BCUT2D eigenvalue weighted by Gasteiger charge is -2.07. The van der Waals surface area contributed by atoms with Gasteiger partial charge >= 0.3 is 0 Å². The molecule has 2 aromatic heterocycles. The van der Waals surface area contributed by atoms with E-state index in [4.69, 9.17) is 5.73 Å². The predicted octanol–water partition coefficient (Wildman–Crippen LogP) is -0.0852. The Hall–Kier alpha value is -1.80. The Morgan fingerprint density at radius 2 is 2.25 bits per heavy atom. The minimum atomic E-state index is 0.0527. The molecule has 0 aromatic carbocycles. The van der Waals surface area contributed by atoms with Crippen LogP contribution in [0.1, 0.15) is 16.4 Å². The first-order valence-electron chi connectivity index (χ1n) is 6.31. The predicted molar refractivity (Wildman–Crippen MR) is 76.4 cm³/mol. The molecule has 0 aliphatic carbocycles. The Morgan fingerprint density at radius 3 is 2.95 bits per heavy atom. The Morgan fingerprint density at radius 1 is 1.45 bits per heavy atom. The van der Waals surface area contributed by atoms with Crippen molar-refractivity contribution in [2.24, 2.45) is 5.73 Å². The molecule has 0 atom stereocenters. The second kappa shape index (κ2) is 6.58. The second-order valence-corrected chi connectivity index (χ2v) is 5.59. The van der Waals surface area contributed by atoms with Gasteiger partial charge in [0.2, 0.25) is 5.91 Å². The number of hydrogen-bond donors (Lipinski definition) is 1. The minimum Gasteiger partial charge on any atom is -0.348 e. The van der Waals surface area contributed by atoms with Crippen molar-refractivity contribution in [1.82, 2.24) is 24.9 Å². The van der Waals surface area contributed by atoms with Gasteiger partial charge in [0.05, 0.1) is 24.4 Å². The van der Waals surface area contributed by atoms with E-state index in [1.807, 2.05) is 11.6 Å². The van der Waals surface area contributed by atoms with Gasteiger partial charge in [0, 0.05) is 32.1 Å². The number of amides is 1. The third-order valence-corrected chi connectivity index (χ3v) is 3.61. The summed E-state index contributed by atoms with van der Waals surface area (Å²) < 4.78 is 1.73. The maximum absolute atomic E-state index is 11.6. The highest BCUT2D eigenvalue weighted by atomic mass is 32.1. The van der Waals surface area contributed by atoms with Crippen LogP contribution in [0.4, 0.5) is 0 Å². The molecule has 108 valence electrons. The quantitative estimate of drug-likeness (QED) is 0.804. The number of aromatic nitrogens is 4. The molecule has 2 heterocycles. The van der Waals surface area contributed by atoms with Gasteiger partial charge in [-0.2, -0.15) is 0 Å². The number of nitrogens with zero attached hydrogens (tertiary/aromatic N) is 5. The van der Waals surface area contributed by atoms with Gasteiger partial charge in [-0.25, -0.2) is 9.67 Å². The summed E-state index contributed by atoms with van der Waals surface area (Å²) in [7, 11) is 3.48. The van der Waals surface area contributed by atoms with Crippen LogP contribution in [0, 0.1) is 0 Å². The average Bonchev–Trinajstić information content (AvgIpc) is 3.00. The number of carbonyl (C=O) groups excluding carboxylic acids is 1. The monoisotopic (exact) mass is 294 g/mol. The van der Waals surface area contributed by atoms with Crippen molar-refractivity contribution in [3.63, 3.8) is 0 Å². The van der Waals surface area contributed by atoms with Crippen molar-refractivity contribution >= 4 is 17.2 Å². The van der Waals surface area contributed by atoms with Crippen LogP contribution >= 0.6 is 11.3 Å². The van der Waals surface area contributed by atoms with Crippen molar-refractivity contribution < 1.29 is 4.79 Å². The smallest absolute Gasteiger partial charge is 0.228 e. The first-order chi connectivity index (χ1) is 9.58. The third kappa shape index (κ3) is 3.84. The van der Waals surface area contributed by atoms with Crippen LogP contribution in [0.15, 0.2) is 11.6 Å². The zero-order valence-corrected chi connectivity index (χ0v) is 12.4. The number of rotatable bonds is 6. The topological polar surface area (TPSA) is 89.9 Å². The lowest BCUT2D eigenvalue weighted by atomic mass is 10.3. The Labute approximate surface area is 121 Å². The van der Waals surface area contributed by atoms with Gasteiger partial charge in [0.1, 0.15) is 5.01 Å². The highest BCUT2D eigenvalue weighted by Gasteiger charge is 2.10. The number of hydrogen-bond acceptors (Lipinski definition) is 6. The highest BCUT2D eigenvalue weighted by molar-refractivity contribution is 7.09. The molecule has 8 heteroatoms. The molecule has 2 rings (SSSR count). The van der Waals surface area contributed by atoms with E-state index in [0.29, 0.717) is 19.5 Å². The standard InChI is InChI=1S/C12H18N6OS/c1-17(2)12(19)5-11-14-10(8-20-11)7-18-6-9(3-4-13)15-16-18/h6,8H,3-5,7,13H2,1-2H3. The summed E-state index contributed by atoms with van der Waals surface area (Å²) in [4.78, 5) is 17.6. The molecule has 1 amide bonds. The summed E-state index contributed by atoms with van der Waals surface area (Å²) in [6.45, 7) is 1.12. The molecule has 0 fully saturated rings. The van der Waals surface area contributed by atoms with E-state index in [1.54, 1.807) is 23.7 Å². The summed E-state index contributed by atoms with van der Waals surface area (Å²) in [6.07, 6.45) is 2.93. The van der Waals surface area contributed by atoms with E-state index in [-0.39, 0.29) is 5.91 Å². The van der Waals surface area contributed by atoms with Crippen molar-refractivity contribution in [3.05, 3.63) is 28.0 Å². The highest BCUT2D eigenvalue weighted by Crippen LogP contribution is 2.12. The number of thiazole rings is 1. The van der Waals surface area contributed by atoms with Gasteiger partial charge in [0.15, 0.2) is 0 Å². The zero-order valence-electron chi connectivity index (χ0n) is 11.6. The maximum Gasteiger partial charge on any atom is 0.228 e. The number of likely N-dealkylation sites (N-methyl/N-ethyl adjacent to an activating group) is 1. The van der Waals surface area contributed by atoms with E-state index >= 15 is 0 Å². The van der Waals surface area contributed by atoms with Gasteiger partial charge < -0.3 is 10.6 Å². The largest absolute Gasteiger partial charge is 0.348 e. The number of nitrogens with two attached hydrogens (primary N) is 1. The summed E-state index contributed by atoms with van der Waals surface area (Å²) in [5.74, 6) is 0.0527. The Bertz CT molecular complexity index is 576. The van der Waals surface area contributed by atoms with Crippen LogP contribution in [0.2, 0.25) is 0 Å². The van der Waals surface area contributed by atoms with Crippen LogP contribution in [0.3, 0.4) is 0 Å².